The molecule has 2 rings (SSSR count). The minimum atomic E-state index is -1.14. The van der Waals surface area contributed by atoms with E-state index in [1.165, 1.54) is 6.26 Å². The van der Waals surface area contributed by atoms with Crippen molar-refractivity contribution in [1.29, 1.82) is 0 Å². The summed E-state index contributed by atoms with van der Waals surface area (Å²) >= 11 is 0. The van der Waals surface area contributed by atoms with Crippen molar-refractivity contribution in [3.8, 4) is 11.5 Å². The smallest absolute Gasteiger partial charge is 0.161 e. The largest absolute Gasteiger partial charge is 0.490 e. The first-order valence-electron chi connectivity index (χ1n) is 6.74. The molecule has 0 aliphatic heterocycles. The quantitative estimate of drug-likeness (QED) is 0.879. The molecule has 0 spiro atoms. The van der Waals surface area contributed by atoms with Gasteiger partial charge in [0.25, 0.3) is 0 Å². The summed E-state index contributed by atoms with van der Waals surface area (Å²) < 4.78 is 16.2. The molecule has 1 unspecified atom stereocenters. The van der Waals surface area contributed by atoms with Crippen LogP contribution in [-0.2, 0) is 5.60 Å². The summed E-state index contributed by atoms with van der Waals surface area (Å²) in [6, 6.07) is 7.21. The van der Waals surface area contributed by atoms with E-state index in [1.54, 1.807) is 19.3 Å². The number of aliphatic hydroxyl groups is 1. The molecule has 0 amide bonds. The van der Waals surface area contributed by atoms with Gasteiger partial charge in [-0.15, -0.1) is 0 Å². The van der Waals surface area contributed by atoms with Gasteiger partial charge in [-0.1, -0.05) is 6.07 Å². The minimum Gasteiger partial charge on any atom is -0.490 e. The highest BCUT2D eigenvalue weighted by Gasteiger charge is 2.28. The van der Waals surface area contributed by atoms with Crippen LogP contribution in [-0.4, -0.2) is 18.3 Å². The lowest BCUT2D eigenvalue weighted by Crippen LogP contribution is -2.22. The molecule has 0 bridgehead atoms. The van der Waals surface area contributed by atoms with E-state index >= 15 is 0 Å². The lowest BCUT2D eigenvalue weighted by atomic mass is 9.90. The molecule has 2 aromatic rings. The standard InChI is InChI=1S/C16H20O4/c1-4-19-14-7-6-12(10-15(14)20-5-2)16(3,17)13-8-9-18-11-13/h6-11,17H,4-5H2,1-3H3. The second kappa shape index (κ2) is 6.01. The molecular weight excluding hydrogens is 256 g/mol. The van der Waals surface area contributed by atoms with E-state index < -0.39 is 5.60 Å². The van der Waals surface area contributed by atoms with Crippen LogP contribution in [0.1, 0.15) is 31.9 Å². The zero-order valence-corrected chi connectivity index (χ0v) is 12.1. The predicted molar refractivity (Wildman–Crippen MR) is 76.2 cm³/mol. The van der Waals surface area contributed by atoms with Crippen molar-refractivity contribution < 1.29 is 19.0 Å². The fourth-order valence-electron chi connectivity index (χ4n) is 2.06. The molecule has 0 radical (unpaired) electrons. The van der Waals surface area contributed by atoms with Crippen LogP contribution in [0, 0.1) is 0 Å². The van der Waals surface area contributed by atoms with Crippen LogP contribution < -0.4 is 9.47 Å². The van der Waals surface area contributed by atoms with Gasteiger partial charge in [-0.25, -0.2) is 0 Å². The van der Waals surface area contributed by atoms with Crippen molar-refractivity contribution in [1.82, 2.24) is 0 Å². The first kappa shape index (κ1) is 14.5. The third kappa shape index (κ3) is 2.80. The van der Waals surface area contributed by atoms with Crippen molar-refractivity contribution in [2.24, 2.45) is 0 Å². The van der Waals surface area contributed by atoms with Crippen molar-refractivity contribution in [3.63, 3.8) is 0 Å². The molecule has 0 fully saturated rings. The molecule has 0 saturated heterocycles. The van der Waals surface area contributed by atoms with Crippen LogP contribution in [0.25, 0.3) is 0 Å². The normalized spacial score (nSPS) is 13.8. The van der Waals surface area contributed by atoms with E-state index in [0.717, 1.165) is 5.56 Å². The number of benzene rings is 1. The monoisotopic (exact) mass is 276 g/mol. The SMILES string of the molecule is CCOc1ccc(C(C)(O)c2ccoc2)cc1OCC. The average molecular weight is 276 g/mol. The Bertz CT molecular complexity index is 544. The van der Waals surface area contributed by atoms with E-state index in [2.05, 4.69) is 0 Å². The third-order valence-electron chi connectivity index (χ3n) is 3.19. The highest BCUT2D eigenvalue weighted by molar-refractivity contribution is 5.46. The highest BCUT2D eigenvalue weighted by atomic mass is 16.5. The number of ether oxygens (including phenoxy) is 2. The maximum Gasteiger partial charge on any atom is 0.161 e. The Morgan fingerprint density at radius 3 is 2.35 bits per heavy atom. The second-order valence-electron chi connectivity index (χ2n) is 4.61. The van der Waals surface area contributed by atoms with E-state index in [-0.39, 0.29) is 0 Å². The molecule has 4 heteroatoms. The Hall–Kier alpha value is -1.94. The molecule has 0 aliphatic rings. The number of hydrogen-bond acceptors (Lipinski definition) is 4. The molecular formula is C16H20O4. The van der Waals surface area contributed by atoms with Crippen LogP contribution in [0.5, 0.6) is 11.5 Å². The summed E-state index contributed by atoms with van der Waals surface area (Å²) in [7, 11) is 0. The molecule has 108 valence electrons. The summed E-state index contributed by atoms with van der Waals surface area (Å²) in [5, 5.41) is 10.7. The third-order valence-corrected chi connectivity index (χ3v) is 3.19. The van der Waals surface area contributed by atoms with Crippen LogP contribution in [0.4, 0.5) is 0 Å². The molecule has 4 nitrogen and oxygen atoms in total. The minimum absolute atomic E-state index is 0.539. The molecule has 1 N–H and O–H groups in total. The van der Waals surface area contributed by atoms with Crippen molar-refractivity contribution >= 4 is 0 Å². The molecule has 1 aromatic heterocycles. The van der Waals surface area contributed by atoms with Gasteiger partial charge in [0.1, 0.15) is 5.60 Å². The van der Waals surface area contributed by atoms with Crippen LogP contribution in [0.2, 0.25) is 0 Å². The van der Waals surface area contributed by atoms with Gasteiger partial charge in [0.15, 0.2) is 11.5 Å². The van der Waals surface area contributed by atoms with Crippen molar-refractivity contribution in [2.45, 2.75) is 26.4 Å². The van der Waals surface area contributed by atoms with Crippen LogP contribution in [0.3, 0.4) is 0 Å². The maximum atomic E-state index is 10.7. The van der Waals surface area contributed by atoms with E-state index in [9.17, 15) is 5.11 Å². The molecule has 0 aliphatic carbocycles. The van der Waals surface area contributed by atoms with Gasteiger partial charge in [-0.05, 0) is 44.5 Å². The van der Waals surface area contributed by atoms with Gasteiger partial charge in [-0.3, -0.25) is 0 Å². The zero-order valence-electron chi connectivity index (χ0n) is 12.1. The average Bonchev–Trinajstić information content (AvgIpc) is 2.96. The van der Waals surface area contributed by atoms with E-state index in [4.69, 9.17) is 13.9 Å². The topological polar surface area (TPSA) is 51.8 Å². The van der Waals surface area contributed by atoms with Crippen molar-refractivity contribution in [3.05, 3.63) is 47.9 Å². The maximum absolute atomic E-state index is 10.7. The zero-order chi connectivity index (χ0) is 14.6. The lowest BCUT2D eigenvalue weighted by Gasteiger charge is -2.23. The first-order chi connectivity index (χ1) is 9.59. The summed E-state index contributed by atoms with van der Waals surface area (Å²) in [6.07, 6.45) is 3.08. The highest BCUT2D eigenvalue weighted by Crippen LogP contribution is 2.36. The fourth-order valence-corrected chi connectivity index (χ4v) is 2.06. The Kier molecular flexibility index (Phi) is 4.35. The second-order valence-corrected chi connectivity index (χ2v) is 4.61. The Labute approximate surface area is 118 Å². The predicted octanol–water partition coefficient (Wildman–Crippen LogP) is 3.33. The molecule has 1 atom stereocenters. The Morgan fingerprint density at radius 2 is 1.75 bits per heavy atom. The van der Waals surface area contributed by atoms with Gasteiger partial charge in [-0.2, -0.15) is 0 Å². The molecule has 20 heavy (non-hydrogen) atoms. The Morgan fingerprint density at radius 1 is 1.05 bits per heavy atom. The van der Waals surface area contributed by atoms with Gasteiger partial charge >= 0.3 is 0 Å². The number of rotatable bonds is 6. The molecule has 1 aromatic carbocycles. The van der Waals surface area contributed by atoms with E-state index in [0.29, 0.717) is 30.3 Å². The summed E-state index contributed by atoms with van der Waals surface area (Å²) in [5.41, 5.74) is 0.291. The fraction of sp³-hybridized carbons (Fsp3) is 0.375. The van der Waals surface area contributed by atoms with Gasteiger partial charge in [0.05, 0.1) is 25.7 Å². The van der Waals surface area contributed by atoms with Crippen molar-refractivity contribution in [2.75, 3.05) is 13.2 Å². The van der Waals surface area contributed by atoms with E-state index in [1.807, 2.05) is 32.0 Å². The Balaban J connectivity index is 2.40. The number of hydrogen-bond donors (Lipinski definition) is 1. The van der Waals surface area contributed by atoms with Gasteiger partial charge in [0.2, 0.25) is 0 Å². The van der Waals surface area contributed by atoms with Crippen LogP contribution >= 0.6 is 0 Å². The lowest BCUT2D eigenvalue weighted by molar-refractivity contribution is 0.101. The van der Waals surface area contributed by atoms with Gasteiger partial charge < -0.3 is 19.0 Å². The first-order valence-corrected chi connectivity index (χ1v) is 6.74. The summed E-state index contributed by atoms with van der Waals surface area (Å²) in [6.45, 7) is 6.67. The molecule has 1 heterocycles. The summed E-state index contributed by atoms with van der Waals surface area (Å²) in [5.74, 6) is 1.32. The number of furan rings is 1. The summed E-state index contributed by atoms with van der Waals surface area (Å²) in [4.78, 5) is 0. The molecule has 0 saturated carbocycles. The van der Waals surface area contributed by atoms with Gasteiger partial charge in [0, 0.05) is 5.56 Å². The van der Waals surface area contributed by atoms with Crippen LogP contribution in [0.15, 0.2) is 41.2 Å².